The molecule has 1 N–H and O–H groups in total. The number of benzene rings is 2. The highest BCUT2D eigenvalue weighted by Gasteiger charge is 2.28. The molecule has 0 saturated carbocycles. The number of ether oxygens (including phenoxy) is 2. The second-order valence-electron chi connectivity index (χ2n) is 5.02. The normalized spacial score (nSPS) is 11.9. The van der Waals surface area contributed by atoms with E-state index < -0.39 is 22.0 Å². The van der Waals surface area contributed by atoms with Gasteiger partial charge in [0.15, 0.2) is 0 Å². The van der Waals surface area contributed by atoms with Gasteiger partial charge >= 0.3 is 6.18 Å². The Hall–Kier alpha value is -2.07. The molecule has 26 heavy (non-hydrogen) atoms. The SMILES string of the molecule is COc1ccc(OC)c(S(=O)(=O)Nc2ccccc2SCC(F)(F)F)c1. The molecule has 0 atom stereocenters. The Kier molecular flexibility index (Phi) is 6.30. The van der Waals surface area contributed by atoms with E-state index >= 15 is 0 Å². The fourth-order valence-electron chi connectivity index (χ4n) is 2.03. The van der Waals surface area contributed by atoms with E-state index in [0.29, 0.717) is 17.5 Å². The Bertz CT molecular complexity index is 870. The molecule has 0 saturated heterocycles. The van der Waals surface area contributed by atoms with Gasteiger partial charge in [0, 0.05) is 11.0 Å². The molecular weight excluding hydrogens is 391 g/mol. The number of hydrogen-bond acceptors (Lipinski definition) is 5. The number of nitrogens with one attached hydrogen (secondary N) is 1. The predicted molar refractivity (Wildman–Crippen MR) is 93.6 cm³/mol. The summed E-state index contributed by atoms with van der Waals surface area (Å²) in [5.74, 6) is -0.751. The smallest absolute Gasteiger partial charge is 0.398 e. The maximum atomic E-state index is 12.7. The summed E-state index contributed by atoms with van der Waals surface area (Å²) < 4.78 is 75.3. The van der Waals surface area contributed by atoms with Crippen LogP contribution in [0.25, 0.3) is 0 Å². The fraction of sp³-hybridized carbons (Fsp3) is 0.250. The molecule has 0 amide bonds. The average molecular weight is 407 g/mol. The van der Waals surface area contributed by atoms with Gasteiger partial charge in [-0.1, -0.05) is 12.1 Å². The van der Waals surface area contributed by atoms with E-state index in [4.69, 9.17) is 9.47 Å². The van der Waals surface area contributed by atoms with Gasteiger partial charge in [0.25, 0.3) is 10.0 Å². The van der Waals surface area contributed by atoms with Gasteiger partial charge in [-0.25, -0.2) is 8.42 Å². The fourth-order valence-corrected chi connectivity index (χ4v) is 4.13. The molecule has 10 heteroatoms. The number of hydrogen-bond donors (Lipinski definition) is 1. The van der Waals surface area contributed by atoms with Gasteiger partial charge in [0.1, 0.15) is 16.4 Å². The molecule has 2 aromatic carbocycles. The largest absolute Gasteiger partial charge is 0.497 e. The Morgan fingerprint density at radius 1 is 1.08 bits per heavy atom. The summed E-state index contributed by atoms with van der Waals surface area (Å²) in [7, 11) is -1.42. The van der Waals surface area contributed by atoms with Gasteiger partial charge in [0.2, 0.25) is 0 Å². The third-order valence-electron chi connectivity index (χ3n) is 3.18. The van der Waals surface area contributed by atoms with E-state index in [0.717, 1.165) is 0 Å². The van der Waals surface area contributed by atoms with E-state index in [9.17, 15) is 21.6 Å². The molecule has 0 bridgehead atoms. The first kappa shape index (κ1) is 20.2. The van der Waals surface area contributed by atoms with Crippen molar-refractivity contribution >= 4 is 27.5 Å². The number of halogens is 3. The number of alkyl halides is 3. The zero-order chi connectivity index (χ0) is 19.4. The van der Waals surface area contributed by atoms with Crippen LogP contribution in [0.1, 0.15) is 0 Å². The van der Waals surface area contributed by atoms with Crippen LogP contribution in [0.4, 0.5) is 18.9 Å². The monoisotopic (exact) mass is 407 g/mol. The molecule has 0 aromatic heterocycles. The molecule has 0 spiro atoms. The van der Waals surface area contributed by atoms with E-state index in [1.807, 2.05) is 0 Å². The van der Waals surface area contributed by atoms with Crippen LogP contribution in [0.15, 0.2) is 52.3 Å². The van der Waals surface area contributed by atoms with Gasteiger partial charge < -0.3 is 9.47 Å². The first-order valence-corrected chi connectivity index (χ1v) is 9.66. The van der Waals surface area contributed by atoms with Crippen molar-refractivity contribution in [2.75, 3.05) is 24.7 Å². The van der Waals surface area contributed by atoms with Crippen molar-refractivity contribution in [2.24, 2.45) is 0 Å². The molecule has 0 fully saturated rings. The standard InChI is InChI=1S/C16H16F3NO4S2/c1-23-11-7-8-13(24-2)15(9-11)26(21,22)20-12-5-3-4-6-14(12)25-10-16(17,18)19/h3-9,20H,10H2,1-2H3. The maximum absolute atomic E-state index is 12.7. The number of anilines is 1. The lowest BCUT2D eigenvalue weighted by atomic mass is 10.3. The second-order valence-corrected chi connectivity index (χ2v) is 7.69. The number of para-hydroxylation sites is 1. The third-order valence-corrected chi connectivity index (χ3v) is 5.71. The Labute approximate surface area is 153 Å². The minimum absolute atomic E-state index is 0.0478. The molecule has 0 radical (unpaired) electrons. The van der Waals surface area contributed by atoms with E-state index in [1.54, 1.807) is 0 Å². The zero-order valence-electron chi connectivity index (χ0n) is 13.8. The molecule has 0 unspecified atom stereocenters. The summed E-state index contributed by atoms with van der Waals surface area (Å²) in [4.78, 5) is -0.0229. The van der Waals surface area contributed by atoms with Crippen LogP contribution >= 0.6 is 11.8 Å². The van der Waals surface area contributed by atoms with Crippen molar-refractivity contribution in [1.29, 1.82) is 0 Å². The van der Waals surface area contributed by atoms with Crippen molar-refractivity contribution in [1.82, 2.24) is 0 Å². The number of sulfonamides is 1. The summed E-state index contributed by atoms with van der Waals surface area (Å²) in [6.07, 6.45) is -4.37. The first-order chi connectivity index (χ1) is 12.2. The molecule has 0 aliphatic heterocycles. The Balaban J connectivity index is 2.36. The van der Waals surface area contributed by atoms with Crippen LogP contribution in [0.2, 0.25) is 0 Å². The van der Waals surface area contributed by atoms with Crippen LogP contribution in [0.5, 0.6) is 11.5 Å². The minimum Gasteiger partial charge on any atom is -0.497 e. The van der Waals surface area contributed by atoms with E-state index in [2.05, 4.69) is 4.72 Å². The number of rotatable bonds is 7. The molecular formula is C16H16F3NO4S2. The van der Waals surface area contributed by atoms with Crippen LogP contribution in [0, 0.1) is 0 Å². The van der Waals surface area contributed by atoms with Crippen LogP contribution in [-0.2, 0) is 10.0 Å². The highest BCUT2D eigenvalue weighted by Crippen LogP contribution is 2.35. The quantitative estimate of drug-likeness (QED) is 0.699. The summed E-state index contributed by atoms with van der Waals surface area (Å²) in [6, 6.07) is 10.1. The zero-order valence-corrected chi connectivity index (χ0v) is 15.5. The topological polar surface area (TPSA) is 64.6 Å². The van der Waals surface area contributed by atoms with Crippen molar-refractivity contribution < 1.29 is 31.1 Å². The minimum atomic E-state index is -4.37. The summed E-state index contributed by atoms with van der Waals surface area (Å²) in [6.45, 7) is 0. The molecule has 0 heterocycles. The van der Waals surface area contributed by atoms with Crippen molar-refractivity contribution in [3.05, 3.63) is 42.5 Å². The lowest BCUT2D eigenvalue weighted by molar-refractivity contribution is -0.105. The molecule has 142 valence electrons. The van der Waals surface area contributed by atoms with Gasteiger partial charge in [-0.05, 0) is 24.3 Å². The lowest BCUT2D eigenvalue weighted by Gasteiger charge is -2.15. The molecule has 5 nitrogen and oxygen atoms in total. The number of methoxy groups -OCH3 is 2. The van der Waals surface area contributed by atoms with Gasteiger partial charge in [-0.15, -0.1) is 11.8 Å². The van der Waals surface area contributed by atoms with E-state index in [1.165, 1.54) is 56.7 Å². The summed E-state index contributed by atoms with van der Waals surface area (Å²) in [5.41, 5.74) is 0.0478. The van der Waals surface area contributed by atoms with Crippen LogP contribution in [0.3, 0.4) is 0 Å². The second kappa shape index (κ2) is 8.09. The summed E-state index contributed by atoms with van der Waals surface area (Å²) in [5, 5.41) is 0. The van der Waals surface area contributed by atoms with Crippen molar-refractivity contribution in [3.8, 4) is 11.5 Å². The first-order valence-electron chi connectivity index (χ1n) is 7.20. The molecule has 2 aromatic rings. The molecule has 0 aliphatic carbocycles. The highest BCUT2D eigenvalue weighted by molar-refractivity contribution is 7.99. The lowest BCUT2D eigenvalue weighted by Crippen LogP contribution is -2.15. The van der Waals surface area contributed by atoms with Crippen LogP contribution in [-0.4, -0.2) is 34.6 Å². The molecule has 0 aliphatic rings. The van der Waals surface area contributed by atoms with Crippen molar-refractivity contribution in [2.45, 2.75) is 16.0 Å². The Morgan fingerprint density at radius 2 is 1.77 bits per heavy atom. The van der Waals surface area contributed by atoms with Gasteiger partial charge in [-0.3, -0.25) is 4.72 Å². The molecule has 2 rings (SSSR count). The maximum Gasteiger partial charge on any atom is 0.398 e. The van der Waals surface area contributed by atoms with Gasteiger partial charge in [0.05, 0.1) is 25.7 Å². The highest BCUT2D eigenvalue weighted by atomic mass is 32.2. The third kappa shape index (κ3) is 5.21. The van der Waals surface area contributed by atoms with Crippen molar-refractivity contribution in [3.63, 3.8) is 0 Å². The van der Waals surface area contributed by atoms with Gasteiger partial charge in [-0.2, -0.15) is 13.2 Å². The average Bonchev–Trinajstić information content (AvgIpc) is 2.59. The van der Waals surface area contributed by atoms with Crippen LogP contribution < -0.4 is 14.2 Å². The predicted octanol–water partition coefficient (Wildman–Crippen LogP) is 4.16. The van der Waals surface area contributed by atoms with E-state index in [-0.39, 0.29) is 21.2 Å². The summed E-state index contributed by atoms with van der Waals surface area (Å²) >= 11 is 0.500. The number of thioether (sulfide) groups is 1. The Morgan fingerprint density at radius 3 is 2.38 bits per heavy atom.